The molecule has 1 aliphatic rings. The van der Waals surface area contributed by atoms with Gasteiger partial charge in [-0.05, 0) is 32.8 Å². The lowest BCUT2D eigenvalue weighted by atomic mass is 9.96. The SMILES string of the molecule is Cc1ccnc(NC(=O)C2CCN(c3cc(-n4ccnc4C)ncn3)CC2)n1. The van der Waals surface area contributed by atoms with E-state index in [4.69, 9.17) is 0 Å². The number of imidazole rings is 1. The quantitative estimate of drug-likeness (QED) is 0.740. The summed E-state index contributed by atoms with van der Waals surface area (Å²) in [7, 11) is 0. The van der Waals surface area contributed by atoms with E-state index in [1.807, 2.05) is 30.7 Å². The Kier molecular flexibility index (Phi) is 4.96. The maximum absolute atomic E-state index is 12.5. The number of hydrogen-bond acceptors (Lipinski definition) is 7. The van der Waals surface area contributed by atoms with Crippen molar-refractivity contribution in [3.8, 4) is 5.82 Å². The highest BCUT2D eigenvalue weighted by atomic mass is 16.2. The van der Waals surface area contributed by atoms with E-state index in [-0.39, 0.29) is 11.8 Å². The third-order valence-corrected chi connectivity index (χ3v) is 4.93. The first kappa shape index (κ1) is 18.0. The number of nitrogens with one attached hydrogen (secondary N) is 1. The normalized spacial score (nSPS) is 14.9. The average molecular weight is 378 g/mol. The van der Waals surface area contributed by atoms with Crippen LogP contribution in [0, 0.1) is 19.8 Å². The van der Waals surface area contributed by atoms with E-state index in [0.29, 0.717) is 5.95 Å². The standard InChI is InChI=1S/C19H22N8O/c1-13-3-6-21-19(24-13)25-18(28)15-4-8-26(9-5-15)16-11-17(23-12-22-16)27-10-7-20-14(27)2/h3,6-7,10-12,15H,4-5,8-9H2,1-2H3,(H,21,24,25,28). The Morgan fingerprint density at radius 3 is 2.57 bits per heavy atom. The predicted molar refractivity (Wildman–Crippen MR) is 104 cm³/mol. The molecule has 9 nitrogen and oxygen atoms in total. The molecule has 0 bridgehead atoms. The summed E-state index contributed by atoms with van der Waals surface area (Å²) in [6.45, 7) is 5.32. The van der Waals surface area contributed by atoms with Gasteiger partial charge in [-0.15, -0.1) is 0 Å². The van der Waals surface area contributed by atoms with Gasteiger partial charge in [-0.3, -0.25) is 14.7 Å². The summed E-state index contributed by atoms with van der Waals surface area (Å²) < 4.78 is 1.92. The summed E-state index contributed by atoms with van der Waals surface area (Å²) in [5.74, 6) is 2.80. The third-order valence-electron chi connectivity index (χ3n) is 4.93. The summed E-state index contributed by atoms with van der Waals surface area (Å²) in [4.78, 5) is 36.0. The lowest BCUT2D eigenvalue weighted by Crippen LogP contribution is -2.38. The minimum atomic E-state index is -0.0578. The number of hydrogen-bond donors (Lipinski definition) is 1. The number of amides is 1. The van der Waals surface area contributed by atoms with Crippen molar-refractivity contribution in [2.45, 2.75) is 26.7 Å². The molecule has 3 aromatic rings. The van der Waals surface area contributed by atoms with Crippen molar-refractivity contribution in [2.24, 2.45) is 5.92 Å². The molecule has 0 spiro atoms. The van der Waals surface area contributed by atoms with Crippen LogP contribution in [0.25, 0.3) is 5.82 Å². The Balaban J connectivity index is 1.39. The van der Waals surface area contributed by atoms with Gasteiger partial charge in [0.1, 0.15) is 23.8 Å². The molecule has 4 heterocycles. The van der Waals surface area contributed by atoms with Gasteiger partial charge in [0.05, 0.1) is 0 Å². The number of carbonyl (C=O) groups is 1. The lowest BCUT2D eigenvalue weighted by molar-refractivity contribution is -0.120. The second kappa shape index (κ2) is 7.71. The van der Waals surface area contributed by atoms with Crippen LogP contribution in [0.15, 0.2) is 37.1 Å². The number of aryl methyl sites for hydroxylation is 2. The number of piperidine rings is 1. The maximum Gasteiger partial charge on any atom is 0.229 e. The fraction of sp³-hybridized carbons (Fsp3) is 0.368. The molecule has 1 aliphatic heterocycles. The summed E-state index contributed by atoms with van der Waals surface area (Å²) in [5, 5.41) is 2.83. The van der Waals surface area contributed by atoms with E-state index in [2.05, 4.69) is 35.1 Å². The average Bonchev–Trinajstić information content (AvgIpc) is 3.14. The predicted octanol–water partition coefficient (Wildman–Crippen LogP) is 1.92. The Morgan fingerprint density at radius 1 is 1.07 bits per heavy atom. The van der Waals surface area contributed by atoms with Gasteiger partial charge in [0.15, 0.2) is 0 Å². The van der Waals surface area contributed by atoms with Crippen LogP contribution in [0.1, 0.15) is 24.4 Å². The molecule has 0 atom stereocenters. The zero-order valence-corrected chi connectivity index (χ0v) is 15.9. The molecule has 0 unspecified atom stereocenters. The van der Waals surface area contributed by atoms with Crippen molar-refractivity contribution in [3.63, 3.8) is 0 Å². The molecule has 9 heteroatoms. The number of anilines is 2. The topological polar surface area (TPSA) is 102 Å². The van der Waals surface area contributed by atoms with Gasteiger partial charge in [-0.2, -0.15) is 0 Å². The molecule has 144 valence electrons. The minimum absolute atomic E-state index is 0.0253. The van der Waals surface area contributed by atoms with Crippen LogP contribution in [-0.2, 0) is 4.79 Å². The minimum Gasteiger partial charge on any atom is -0.356 e. The lowest BCUT2D eigenvalue weighted by Gasteiger charge is -2.32. The molecule has 1 N–H and O–H groups in total. The van der Waals surface area contributed by atoms with E-state index in [1.54, 1.807) is 24.8 Å². The van der Waals surface area contributed by atoms with Crippen molar-refractivity contribution >= 4 is 17.7 Å². The number of carbonyl (C=O) groups excluding carboxylic acids is 1. The summed E-state index contributed by atoms with van der Waals surface area (Å²) in [5.41, 5.74) is 0.827. The van der Waals surface area contributed by atoms with Gasteiger partial charge in [0.25, 0.3) is 0 Å². The highest BCUT2D eigenvalue weighted by Crippen LogP contribution is 2.23. The van der Waals surface area contributed by atoms with Gasteiger partial charge >= 0.3 is 0 Å². The molecule has 1 amide bonds. The molecule has 0 saturated carbocycles. The van der Waals surface area contributed by atoms with Crippen LogP contribution in [0.4, 0.5) is 11.8 Å². The number of rotatable bonds is 4. The molecule has 4 rings (SSSR count). The Labute approximate surface area is 162 Å². The fourth-order valence-corrected chi connectivity index (χ4v) is 3.35. The third kappa shape index (κ3) is 3.83. The fourth-order valence-electron chi connectivity index (χ4n) is 3.35. The summed E-state index contributed by atoms with van der Waals surface area (Å²) in [6.07, 6.45) is 8.35. The molecule has 0 aliphatic carbocycles. The first-order valence-electron chi connectivity index (χ1n) is 9.28. The first-order valence-corrected chi connectivity index (χ1v) is 9.28. The van der Waals surface area contributed by atoms with Crippen LogP contribution >= 0.6 is 0 Å². The van der Waals surface area contributed by atoms with Crippen LogP contribution < -0.4 is 10.2 Å². The monoisotopic (exact) mass is 378 g/mol. The zero-order valence-electron chi connectivity index (χ0n) is 15.9. The van der Waals surface area contributed by atoms with Crippen molar-refractivity contribution in [3.05, 3.63) is 48.6 Å². The second-order valence-corrected chi connectivity index (χ2v) is 6.85. The van der Waals surface area contributed by atoms with E-state index in [9.17, 15) is 4.79 Å². The van der Waals surface area contributed by atoms with Gasteiger partial charge in [0.2, 0.25) is 11.9 Å². The van der Waals surface area contributed by atoms with Crippen LogP contribution in [-0.4, -0.2) is 48.5 Å². The van der Waals surface area contributed by atoms with Crippen LogP contribution in [0.3, 0.4) is 0 Å². The Bertz CT molecular complexity index is 977. The first-order chi connectivity index (χ1) is 13.6. The molecule has 1 saturated heterocycles. The number of nitrogens with zero attached hydrogens (tertiary/aromatic N) is 7. The van der Waals surface area contributed by atoms with Crippen molar-refractivity contribution < 1.29 is 4.79 Å². The molecular weight excluding hydrogens is 356 g/mol. The van der Waals surface area contributed by atoms with Crippen molar-refractivity contribution in [1.82, 2.24) is 29.5 Å². The summed E-state index contributed by atoms with van der Waals surface area (Å²) >= 11 is 0. The van der Waals surface area contributed by atoms with Crippen molar-refractivity contribution in [1.29, 1.82) is 0 Å². The molecule has 0 radical (unpaired) electrons. The Morgan fingerprint density at radius 2 is 1.86 bits per heavy atom. The van der Waals surface area contributed by atoms with Gasteiger partial charge < -0.3 is 4.90 Å². The molecule has 0 aromatic carbocycles. The molecule has 3 aromatic heterocycles. The van der Waals surface area contributed by atoms with E-state index in [1.165, 1.54) is 0 Å². The van der Waals surface area contributed by atoms with Gasteiger partial charge in [-0.1, -0.05) is 0 Å². The molecule has 1 fully saturated rings. The van der Waals surface area contributed by atoms with E-state index < -0.39 is 0 Å². The number of aromatic nitrogens is 6. The van der Waals surface area contributed by atoms with Gasteiger partial charge in [-0.25, -0.2) is 24.9 Å². The summed E-state index contributed by atoms with van der Waals surface area (Å²) in [6, 6.07) is 3.76. The zero-order chi connectivity index (χ0) is 19.5. The van der Waals surface area contributed by atoms with Crippen molar-refractivity contribution in [2.75, 3.05) is 23.3 Å². The maximum atomic E-state index is 12.5. The van der Waals surface area contributed by atoms with E-state index in [0.717, 1.165) is 49.1 Å². The highest BCUT2D eigenvalue weighted by Gasteiger charge is 2.26. The smallest absolute Gasteiger partial charge is 0.229 e. The highest BCUT2D eigenvalue weighted by molar-refractivity contribution is 5.91. The Hall–Kier alpha value is -3.36. The van der Waals surface area contributed by atoms with Gasteiger partial charge in [0, 0.05) is 49.4 Å². The molecular formula is C19H22N8O. The largest absolute Gasteiger partial charge is 0.356 e. The molecule has 28 heavy (non-hydrogen) atoms. The van der Waals surface area contributed by atoms with Crippen LogP contribution in [0.5, 0.6) is 0 Å². The second-order valence-electron chi connectivity index (χ2n) is 6.85. The van der Waals surface area contributed by atoms with E-state index >= 15 is 0 Å². The van der Waals surface area contributed by atoms with Crippen LogP contribution in [0.2, 0.25) is 0 Å².